The monoisotopic (exact) mass is 546 g/mol. The second-order valence-electron chi connectivity index (χ2n) is 11.1. The second-order valence-corrected chi connectivity index (χ2v) is 11.1. The van der Waals surface area contributed by atoms with Crippen molar-refractivity contribution in [3.63, 3.8) is 0 Å². The molecule has 0 amide bonds. The van der Waals surface area contributed by atoms with E-state index in [2.05, 4.69) is 169 Å². The molecule has 2 aliphatic rings. The molecule has 4 nitrogen and oxygen atoms in total. The molecular weight excluding hydrogens is 512 g/mol. The summed E-state index contributed by atoms with van der Waals surface area (Å²) < 4.78 is 0. The van der Waals surface area contributed by atoms with Crippen LogP contribution in [-0.4, -0.2) is 35.6 Å². The summed E-state index contributed by atoms with van der Waals surface area (Å²) in [5, 5.41) is 0. The predicted octanol–water partition coefficient (Wildman–Crippen LogP) is 8.04. The molecule has 5 aromatic carbocycles. The summed E-state index contributed by atoms with van der Waals surface area (Å²) in [6.07, 6.45) is 0. The topological polar surface area (TPSA) is 31.2 Å². The maximum absolute atomic E-state index is 5.37. The van der Waals surface area contributed by atoms with Crippen LogP contribution in [-0.2, 0) is 0 Å². The van der Waals surface area contributed by atoms with Crippen LogP contribution in [0.25, 0.3) is 0 Å². The molecule has 7 rings (SSSR count). The van der Waals surface area contributed by atoms with Crippen LogP contribution in [0, 0.1) is 0 Å². The van der Waals surface area contributed by atoms with Crippen molar-refractivity contribution in [1.29, 1.82) is 0 Å². The van der Waals surface area contributed by atoms with E-state index >= 15 is 0 Å². The van der Waals surface area contributed by atoms with E-state index in [4.69, 9.17) is 9.98 Å². The number of nitrogens with zero attached hydrogens (tertiary/aromatic N) is 4. The van der Waals surface area contributed by atoms with Crippen molar-refractivity contribution in [2.45, 2.75) is 24.2 Å². The van der Waals surface area contributed by atoms with Gasteiger partial charge in [-0.15, -0.1) is 0 Å². The number of rotatable bonds is 6. The Labute approximate surface area is 248 Å². The van der Waals surface area contributed by atoms with E-state index in [1.807, 2.05) is 0 Å². The maximum atomic E-state index is 5.37. The van der Waals surface area contributed by atoms with E-state index in [0.29, 0.717) is 0 Å². The Hall–Kier alpha value is -4.96. The average Bonchev–Trinajstić information content (AvgIpc) is 3.59. The molecule has 0 aromatic heterocycles. The molecule has 0 N–H and O–H groups in total. The van der Waals surface area contributed by atoms with Crippen LogP contribution in [0.15, 0.2) is 156 Å². The Morgan fingerprint density at radius 1 is 0.405 bits per heavy atom. The minimum Gasteiger partial charge on any atom is -0.350 e. The van der Waals surface area contributed by atoms with Gasteiger partial charge in [-0.2, -0.15) is 0 Å². The molecule has 0 bridgehead atoms. The normalized spacial score (nSPS) is 21.8. The molecule has 4 unspecified atom stereocenters. The van der Waals surface area contributed by atoms with Gasteiger partial charge in [0.25, 0.3) is 0 Å². The smallest absolute Gasteiger partial charge is 0.131 e. The van der Waals surface area contributed by atoms with E-state index in [-0.39, 0.29) is 24.2 Å². The van der Waals surface area contributed by atoms with Gasteiger partial charge in [-0.1, -0.05) is 140 Å². The minimum atomic E-state index is 0.00803. The number of benzene rings is 5. The highest BCUT2D eigenvalue weighted by atomic mass is 15.3. The lowest BCUT2D eigenvalue weighted by Gasteiger charge is -2.28. The fourth-order valence-corrected chi connectivity index (χ4v) is 6.55. The van der Waals surface area contributed by atoms with E-state index < -0.39 is 0 Å². The molecule has 0 radical (unpaired) electrons. The van der Waals surface area contributed by atoms with Crippen molar-refractivity contribution in [3.05, 3.63) is 179 Å². The average molecular weight is 547 g/mol. The zero-order valence-electron chi connectivity index (χ0n) is 24.0. The molecule has 5 aromatic rings. The van der Waals surface area contributed by atoms with Gasteiger partial charge in [0.05, 0.1) is 12.1 Å². The van der Waals surface area contributed by atoms with Crippen LogP contribution in [0.2, 0.25) is 0 Å². The lowest BCUT2D eigenvalue weighted by molar-refractivity contribution is 0.364. The molecule has 0 aliphatic carbocycles. The molecule has 0 saturated heterocycles. The Balaban J connectivity index is 1.28. The van der Waals surface area contributed by atoms with Gasteiger partial charge >= 0.3 is 0 Å². The van der Waals surface area contributed by atoms with Gasteiger partial charge in [-0.25, -0.2) is 0 Å². The summed E-state index contributed by atoms with van der Waals surface area (Å²) in [4.78, 5) is 15.4. The van der Waals surface area contributed by atoms with Crippen LogP contribution in [0.4, 0.5) is 0 Å². The highest BCUT2D eigenvalue weighted by Gasteiger charge is 2.38. The van der Waals surface area contributed by atoms with Gasteiger partial charge in [0.15, 0.2) is 0 Å². The van der Waals surface area contributed by atoms with Crippen LogP contribution >= 0.6 is 0 Å². The number of hydrogen-bond donors (Lipinski definition) is 0. The van der Waals surface area contributed by atoms with Gasteiger partial charge in [-0.05, 0) is 28.3 Å². The molecule has 4 atom stereocenters. The molecule has 0 saturated carbocycles. The van der Waals surface area contributed by atoms with Gasteiger partial charge in [0.1, 0.15) is 23.8 Å². The first-order chi connectivity index (χ1) is 20.7. The van der Waals surface area contributed by atoms with Crippen molar-refractivity contribution in [3.8, 4) is 0 Å². The Morgan fingerprint density at radius 2 is 0.738 bits per heavy atom. The molecule has 2 heterocycles. The number of aliphatic imine (C=N–C) groups is 2. The van der Waals surface area contributed by atoms with Crippen LogP contribution in [0.3, 0.4) is 0 Å². The first kappa shape index (κ1) is 26.0. The number of amidine groups is 2. The van der Waals surface area contributed by atoms with Gasteiger partial charge in [0.2, 0.25) is 0 Å². The van der Waals surface area contributed by atoms with Crippen LogP contribution in [0.1, 0.15) is 57.5 Å². The van der Waals surface area contributed by atoms with E-state index in [0.717, 1.165) is 22.8 Å². The molecule has 206 valence electrons. The Bertz CT molecular complexity index is 1590. The summed E-state index contributed by atoms with van der Waals surface area (Å²) in [5.41, 5.74) is 7.18. The van der Waals surface area contributed by atoms with Crippen molar-refractivity contribution in [2.24, 2.45) is 9.98 Å². The zero-order valence-corrected chi connectivity index (χ0v) is 24.0. The quantitative estimate of drug-likeness (QED) is 0.216. The van der Waals surface area contributed by atoms with Crippen molar-refractivity contribution < 1.29 is 0 Å². The highest BCUT2D eigenvalue weighted by Crippen LogP contribution is 2.44. The van der Waals surface area contributed by atoms with Crippen LogP contribution < -0.4 is 0 Å². The highest BCUT2D eigenvalue weighted by molar-refractivity contribution is 6.05. The molecule has 0 fully saturated rings. The third-order valence-electron chi connectivity index (χ3n) is 8.57. The number of likely N-dealkylation sites (N-methyl/N-ethyl adjacent to an activating group) is 2. The Morgan fingerprint density at radius 3 is 1.10 bits per heavy atom. The maximum Gasteiger partial charge on any atom is 0.131 e. The van der Waals surface area contributed by atoms with E-state index in [9.17, 15) is 0 Å². The lowest BCUT2D eigenvalue weighted by Crippen LogP contribution is -2.29. The zero-order chi connectivity index (χ0) is 28.5. The van der Waals surface area contributed by atoms with Crippen molar-refractivity contribution >= 4 is 11.7 Å². The largest absolute Gasteiger partial charge is 0.350 e. The molecule has 4 heteroatoms. The van der Waals surface area contributed by atoms with Gasteiger partial charge in [-0.3, -0.25) is 9.98 Å². The summed E-state index contributed by atoms with van der Waals surface area (Å²) in [6, 6.07) is 51.7. The van der Waals surface area contributed by atoms with Gasteiger partial charge < -0.3 is 9.80 Å². The van der Waals surface area contributed by atoms with Crippen LogP contribution in [0.5, 0.6) is 0 Å². The molecule has 2 aliphatic heterocycles. The third-order valence-corrected chi connectivity index (χ3v) is 8.57. The first-order valence-corrected chi connectivity index (χ1v) is 14.6. The standard InChI is InChI=1S/C38H34N4/c1-41-35(29-20-11-5-12-21-29)33(27-16-7-3-8-17-27)39-37(41)31-24-15-25-32(26-31)38-40-34(28-18-9-4-10-19-28)36(42(38)2)30-22-13-6-14-23-30/h3-26,33-36H,1-2H3. The van der Waals surface area contributed by atoms with Gasteiger partial charge in [0, 0.05) is 25.2 Å². The lowest BCUT2D eigenvalue weighted by atomic mass is 9.94. The summed E-state index contributed by atoms with van der Waals surface area (Å²) >= 11 is 0. The summed E-state index contributed by atoms with van der Waals surface area (Å²) in [6.45, 7) is 0. The van der Waals surface area contributed by atoms with Crippen molar-refractivity contribution in [2.75, 3.05) is 14.1 Å². The number of hydrogen-bond acceptors (Lipinski definition) is 4. The molecule has 42 heavy (non-hydrogen) atoms. The second kappa shape index (κ2) is 11.1. The minimum absolute atomic E-state index is 0.00803. The third kappa shape index (κ3) is 4.69. The van der Waals surface area contributed by atoms with E-state index in [1.54, 1.807) is 0 Å². The van der Waals surface area contributed by atoms with E-state index in [1.165, 1.54) is 22.3 Å². The first-order valence-electron chi connectivity index (χ1n) is 14.6. The molecule has 0 spiro atoms. The van der Waals surface area contributed by atoms with Crippen molar-refractivity contribution in [1.82, 2.24) is 9.80 Å². The molecular formula is C38H34N4. The predicted molar refractivity (Wildman–Crippen MR) is 172 cm³/mol. The fourth-order valence-electron chi connectivity index (χ4n) is 6.55. The summed E-state index contributed by atoms with van der Waals surface area (Å²) in [7, 11) is 4.34. The summed E-state index contributed by atoms with van der Waals surface area (Å²) in [5.74, 6) is 2.00. The Kier molecular flexibility index (Phi) is 6.89. The SMILES string of the molecule is CN1C(c2cccc(C3=NC(c4ccccc4)C(c4ccccc4)N3C)c2)=NC(c2ccccc2)C1c1ccccc1. The fraction of sp³-hybridized carbons (Fsp3) is 0.158.